The first kappa shape index (κ1) is 47.0. The van der Waals surface area contributed by atoms with Crippen molar-refractivity contribution in [1.29, 1.82) is 0 Å². The van der Waals surface area contributed by atoms with Crippen molar-refractivity contribution in [2.24, 2.45) is 17.6 Å². The molecule has 64 heavy (non-hydrogen) atoms. The van der Waals surface area contributed by atoms with Gasteiger partial charge in [0.05, 0.1) is 0 Å². The van der Waals surface area contributed by atoms with Crippen LogP contribution < -0.4 is 21.3 Å². The van der Waals surface area contributed by atoms with Gasteiger partial charge in [-0.2, -0.15) is 11.8 Å². The average molecular weight is 901 g/mol. The summed E-state index contributed by atoms with van der Waals surface area (Å²) in [5, 5.41) is 5.88. The standard InChI is InChI=1S/C47H64N8O8S/c1-6-34-44(59)54-20-10-13-35(54)45(60)52(5)37(23-29-14-16-33(17-15-29)51(3)4)46(61)55-25-32(27-64-39-26-53-21-18-30(39)19-22-53)38(56)24-36(55)42(57)50-41(31-11-8-7-9-12-31)47(62)63-28(2)40(48)43(58)49-34/h7-9,11-12,14-17,28,30,32,34-37,39-41H,6,10,13,18-27,48H2,1-5H3,(H,49,58)(H,50,57)/t28-,32+,34-,35+,36+,37+,39?,40+,41+/m1/s1. The van der Waals surface area contributed by atoms with Crippen molar-refractivity contribution < 1.29 is 38.3 Å². The highest BCUT2D eigenvalue weighted by Gasteiger charge is 2.47. The lowest BCUT2D eigenvalue weighted by atomic mass is 9.88. The summed E-state index contributed by atoms with van der Waals surface area (Å²) in [4.78, 5) is 110. The number of anilines is 1. The summed E-state index contributed by atoms with van der Waals surface area (Å²) < 4.78 is 5.78. The maximum absolute atomic E-state index is 15.5. The van der Waals surface area contributed by atoms with Crippen LogP contribution in [0.5, 0.6) is 0 Å². The molecule has 2 bridgehead atoms. The predicted octanol–water partition coefficient (Wildman–Crippen LogP) is 1.75. The van der Waals surface area contributed by atoms with Crippen molar-refractivity contribution in [3.05, 3.63) is 65.7 Å². The zero-order valence-electron chi connectivity index (χ0n) is 37.6. The van der Waals surface area contributed by atoms with Crippen molar-refractivity contribution in [3.63, 3.8) is 0 Å². The zero-order chi connectivity index (χ0) is 45.8. The van der Waals surface area contributed by atoms with Crippen LogP contribution in [0.1, 0.15) is 69.5 Å². The molecule has 9 atom stereocenters. The van der Waals surface area contributed by atoms with Crippen molar-refractivity contribution in [2.75, 3.05) is 64.5 Å². The highest BCUT2D eigenvalue weighted by molar-refractivity contribution is 8.00. The van der Waals surface area contributed by atoms with E-state index < -0.39 is 83.8 Å². The first-order valence-electron chi connectivity index (χ1n) is 22.8. The SMILES string of the molecule is CC[C@H]1NC(=O)[C@@H](N)[C@@H](C)OC(=O)[C@H](c2ccccc2)NC(=O)[C@@H]2CC(=O)[C@H](CSC3CN4CCC3CC4)CN2C(=O)[C@H](Cc2ccc(N(C)C)cc2)N(C)C(=O)[C@@H]2CCCN2C1=O. The highest BCUT2D eigenvalue weighted by atomic mass is 32.2. The molecule has 8 rings (SSSR count). The lowest BCUT2D eigenvalue weighted by molar-refractivity contribution is -0.157. The molecule has 6 fully saturated rings. The number of rotatable bonds is 8. The number of benzene rings is 2. The summed E-state index contributed by atoms with van der Waals surface area (Å²) in [7, 11) is 5.40. The van der Waals surface area contributed by atoms with E-state index in [1.54, 1.807) is 56.1 Å². The highest BCUT2D eigenvalue weighted by Crippen LogP contribution is 2.37. The minimum Gasteiger partial charge on any atom is -0.459 e. The minimum absolute atomic E-state index is 0.0612. The number of nitrogens with zero attached hydrogens (tertiary/aromatic N) is 5. The van der Waals surface area contributed by atoms with E-state index in [-0.39, 0.29) is 38.1 Å². The number of thioether (sulfide) groups is 1. The van der Waals surface area contributed by atoms with Gasteiger partial charge in [0, 0.05) is 76.2 Å². The third-order valence-corrected chi connectivity index (χ3v) is 15.5. The number of hydrogen-bond donors (Lipinski definition) is 3. The summed E-state index contributed by atoms with van der Waals surface area (Å²) in [6, 6.07) is 8.82. The number of cyclic esters (lactones) is 1. The van der Waals surface area contributed by atoms with Crippen molar-refractivity contribution >= 4 is 58.7 Å². The van der Waals surface area contributed by atoms with E-state index in [1.807, 2.05) is 43.3 Å². The molecule has 17 heteroatoms. The maximum Gasteiger partial charge on any atom is 0.333 e. The van der Waals surface area contributed by atoms with E-state index in [0.29, 0.717) is 35.3 Å². The fourth-order valence-corrected chi connectivity index (χ4v) is 11.4. The second kappa shape index (κ2) is 20.4. The number of nitrogens with one attached hydrogen (secondary N) is 2. The molecular formula is C47H64N8O8S. The average Bonchev–Trinajstić information content (AvgIpc) is 3.80. The topological polar surface area (TPSA) is 195 Å². The van der Waals surface area contributed by atoms with Gasteiger partial charge in [-0.25, -0.2) is 4.79 Å². The molecule has 0 aromatic heterocycles. The van der Waals surface area contributed by atoms with Gasteiger partial charge in [-0.1, -0.05) is 49.4 Å². The summed E-state index contributed by atoms with van der Waals surface area (Å²) in [5.74, 6) is -3.53. The minimum atomic E-state index is -1.40. The first-order chi connectivity index (χ1) is 30.6. The van der Waals surface area contributed by atoms with Gasteiger partial charge in [-0.05, 0) is 81.3 Å². The zero-order valence-corrected chi connectivity index (χ0v) is 38.5. The number of piperidine rings is 4. The van der Waals surface area contributed by atoms with Crippen LogP contribution in [0.25, 0.3) is 0 Å². The van der Waals surface area contributed by atoms with Crippen LogP contribution in [0.4, 0.5) is 5.69 Å². The van der Waals surface area contributed by atoms with E-state index in [1.165, 1.54) is 21.6 Å². The number of esters is 1. The number of carbonyl (C=O) groups excluding carboxylic acids is 7. The van der Waals surface area contributed by atoms with Gasteiger partial charge in [-0.3, -0.25) is 28.8 Å². The van der Waals surface area contributed by atoms with Gasteiger partial charge >= 0.3 is 5.97 Å². The Morgan fingerprint density at radius 3 is 2.16 bits per heavy atom. The van der Waals surface area contributed by atoms with Crippen LogP contribution >= 0.6 is 11.8 Å². The molecule has 0 spiro atoms. The Kier molecular flexibility index (Phi) is 15.0. The molecule has 0 saturated carbocycles. The summed E-state index contributed by atoms with van der Waals surface area (Å²) in [6.45, 7) is 6.50. The normalized spacial score (nSPS) is 32.2. The predicted molar refractivity (Wildman–Crippen MR) is 243 cm³/mol. The largest absolute Gasteiger partial charge is 0.459 e. The molecule has 6 heterocycles. The Morgan fingerprint density at radius 2 is 1.52 bits per heavy atom. The molecule has 5 amide bonds. The lowest BCUT2D eigenvalue weighted by Gasteiger charge is -2.45. The second-order valence-corrected chi connectivity index (χ2v) is 19.6. The van der Waals surface area contributed by atoms with E-state index in [2.05, 4.69) is 15.5 Å². The molecule has 2 aromatic carbocycles. The third-order valence-electron chi connectivity index (χ3n) is 13.9. The number of carbonyl (C=O) groups is 7. The Balaban J connectivity index is 1.28. The molecule has 4 N–H and O–H groups in total. The van der Waals surface area contributed by atoms with Crippen molar-refractivity contribution in [1.82, 2.24) is 30.2 Å². The van der Waals surface area contributed by atoms with Crippen LogP contribution in [0.2, 0.25) is 0 Å². The van der Waals surface area contributed by atoms with E-state index in [0.717, 1.165) is 43.7 Å². The van der Waals surface area contributed by atoms with Gasteiger partial charge < -0.3 is 45.6 Å². The van der Waals surface area contributed by atoms with Gasteiger partial charge in [0.1, 0.15) is 42.1 Å². The van der Waals surface area contributed by atoms with Crippen LogP contribution in [-0.4, -0.2) is 162 Å². The molecule has 346 valence electrons. The molecule has 6 saturated heterocycles. The molecule has 0 radical (unpaired) electrons. The molecule has 6 aliphatic heterocycles. The van der Waals surface area contributed by atoms with Crippen LogP contribution in [0, 0.1) is 11.8 Å². The molecule has 0 aliphatic carbocycles. The van der Waals surface area contributed by atoms with Gasteiger partial charge in [0.15, 0.2) is 6.04 Å². The van der Waals surface area contributed by atoms with E-state index in [9.17, 15) is 28.8 Å². The summed E-state index contributed by atoms with van der Waals surface area (Å²) >= 11 is 1.76. The fraction of sp³-hybridized carbons (Fsp3) is 0.596. The Morgan fingerprint density at radius 1 is 0.812 bits per heavy atom. The third kappa shape index (κ3) is 10.3. The molecule has 16 nitrogen and oxygen atoms in total. The smallest absolute Gasteiger partial charge is 0.333 e. The Hall–Kier alpha value is -5.00. The van der Waals surface area contributed by atoms with Gasteiger partial charge in [0.2, 0.25) is 29.5 Å². The first-order valence-corrected chi connectivity index (χ1v) is 23.8. The molecule has 2 aromatic rings. The fourth-order valence-electron chi connectivity index (χ4n) is 9.81. The van der Waals surface area contributed by atoms with Crippen LogP contribution in [0.15, 0.2) is 54.6 Å². The molecule has 6 aliphatic rings. The van der Waals surface area contributed by atoms with Crippen molar-refractivity contribution in [2.45, 2.75) is 106 Å². The maximum atomic E-state index is 15.5. The number of ketones is 1. The van der Waals surface area contributed by atoms with Gasteiger partial charge in [0.25, 0.3) is 0 Å². The lowest BCUT2D eigenvalue weighted by Crippen LogP contribution is -2.63. The van der Waals surface area contributed by atoms with Gasteiger partial charge in [-0.15, -0.1) is 0 Å². The number of fused-ring (bicyclic) bond motifs is 5. The second-order valence-electron chi connectivity index (χ2n) is 18.3. The molecular weight excluding hydrogens is 837 g/mol. The quantitative estimate of drug-likeness (QED) is 0.326. The van der Waals surface area contributed by atoms with E-state index in [4.69, 9.17) is 10.5 Å². The van der Waals surface area contributed by atoms with Crippen molar-refractivity contribution in [3.8, 4) is 0 Å². The number of ether oxygens (including phenoxy) is 1. The van der Waals surface area contributed by atoms with E-state index >= 15 is 4.79 Å². The van der Waals surface area contributed by atoms with Crippen LogP contribution in [-0.2, 0) is 44.7 Å². The number of amides is 5. The molecule has 1 unspecified atom stereocenters. The summed E-state index contributed by atoms with van der Waals surface area (Å²) in [5.41, 5.74) is 8.41. The monoisotopic (exact) mass is 900 g/mol. The number of nitrogens with two attached hydrogens (primary N) is 1. The Bertz CT molecular complexity index is 2050. The number of hydrogen-bond acceptors (Lipinski definition) is 12. The number of likely N-dealkylation sites (N-methyl/N-ethyl adjacent to an activating group) is 1. The summed E-state index contributed by atoms with van der Waals surface area (Å²) in [6.07, 6.45) is 1.87. The van der Waals surface area contributed by atoms with Crippen LogP contribution in [0.3, 0.4) is 0 Å². The Labute approximate surface area is 380 Å². The number of Topliss-reactive ketones (excluding diaryl/α,β-unsaturated/α-hetero) is 1.